The molecule has 3 heterocycles. The van der Waals surface area contributed by atoms with Crippen molar-refractivity contribution in [2.75, 3.05) is 30.4 Å². The Balaban J connectivity index is 1.25. The van der Waals surface area contributed by atoms with E-state index >= 15 is 0 Å². The summed E-state index contributed by atoms with van der Waals surface area (Å²) in [6.07, 6.45) is 3.99. The number of nitrogens with zero attached hydrogens (tertiary/aromatic N) is 5. The molecule has 1 fully saturated rings. The van der Waals surface area contributed by atoms with Crippen molar-refractivity contribution in [2.24, 2.45) is 5.92 Å². The van der Waals surface area contributed by atoms with Gasteiger partial charge in [0.15, 0.2) is 0 Å². The number of fused-ring (bicyclic) bond motifs is 1. The molecule has 194 valence electrons. The van der Waals surface area contributed by atoms with E-state index in [1.165, 1.54) is 12.1 Å². The largest absolute Gasteiger partial charge is 0.354 e. The van der Waals surface area contributed by atoms with Crippen molar-refractivity contribution >= 4 is 34.2 Å². The summed E-state index contributed by atoms with van der Waals surface area (Å²) in [6, 6.07) is 15.7. The number of hydrogen-bond donors (Lipinski definition) is 1. The lowest BCUT2D eigenvalue weighted by Gasteiger charge is -2.26. The zero-order valence-corrected chi connectivity index (χ0v) is 21.6. The van der Waals surface area contributed by atoms with E-state index in [2.05, 4.69) is 20.2 Å². The van der Waals surface area contributed by atoms with Crippen molar-refractivity contribution in [3.63, 3.8) is 0 Å². The van der Waals surface area contributed by atoms with Crippen LogP contribution in [0.5, 0.6) is 0 Å². The van der Waals surface area contributed by atoms with Crippen LogP contribution in [-0.4, -0.2) is 57.8 Å². The van der Waals surface area contributed by atoms with Crippen molar-refractivity contribution in [3.8, 4) is 11.1 Å². The number of halogens is 1. The van der Waals surface area contributed by atoms with Crippen LogP contribution in [0.1, 0.15) is 30.9 Å². The highest BCUT2D eigenvalue weighted by atomic mass is 19.1. The molecule has 5 rings (SSSR count). The Kier molecular flexibility index (Phi) is 7.00. The van der Waals surface area contributed by atoms with E-state index in [1.807, 2.05) is 50.1 Å². The topological polar surface area (TPSA) is 91.3 Å². The predicted molar refractivity (Wildman–Crippen MR) is 145 cm³/mol. The number of carbonyl (C=O) groups is 2. The van der Waals surface area contributed by atoms with Gasteiger partial charge in [-0.15, -0.1) is 0 Å². The van der Waals surface area contributed by atoms with Gasteiger partial charge in [-0.2, -0.15) is 0 Å². The number of pyridine rings is 1. The fourth-order valence-electron chi connectivity index (χ4n) is 4.65. The summed E-state index contributed by atoms with van der Waals surface area (Å²) < 4.78 is 13.2. The van der Waals surface area contributed by atoms with Crippen molar-refractivity contribution in [1.82, 2.24) is 19.9 Å². The first kappa shape index (κ1) is 25.3. The third-order valence-electron chi connectivity index (χ3n) is 6.84. The van der Waals surface area contributed by atoms with Gasteiger partial charge < -0.3 is 15.1 Å². The molecular formula is C29H29FN6O2. The molecule has 8 nitrogen and oxygen atoms in total. The highest BCUT2D eigenvalue weighted by Crippen LogP contribution is 2.26. The van der Waals surface area contributed by atoms with Crippen molar-refractivity contribution in [3.05, 3.63) is 78.6 Å². The minimum absolute atomic E-state index is 0.0186. The highest BCUT2D eigenvalue weighted by molar-refractivity contribution is 6.02. The van der Waals surface area contributed by atoms with Crippen LogP contribution in [0.25, 0.3) is 22.0 Å². The van der Waals surface area contributed by atoms with Gasteiger partial charge in [0.2, 0.25) is 11.7 Å². The summed E-state index contributed by atoms with van der Waals surface area (Å²) in [4.78, 5) is 42.3. The monoisotopic (exact) mass is 512 g/mol. The summed E-state index contributed by atoms with van der Waals surface area (Å²) in [6.45, 7) is 5.44. The van der Waals surface area contributed by atoms with Gasteiger partial charge in [-0.25, -0.2) is 19.3 Å². The second-order valence-electron chi connectivity index (χ2n) is 9.83. The van der Waals surface area contributed by atoms with Crippen LogP contribution in [0.4, 0.5) is 15.9 Å². The minimum atomic E-state index is -0.428. The number of likely N-dealkylation sites (N-methyl/N-ethyl adjacent to an activating group) is 1. The predicted octanol–water partition coefficient (Wildman–Crippen LogP) is 4.78. The van der Waals surface area contributed by atoms with Crippen LogP contribution in [0, 0.1) is 11.7 Å². The molecule has 9 heteroatoms. The van der Waals surface area contributed by atoms with Gasteiger partial charge >= 0.3 is 0 Å². The molecule has 2 amide bonds. The SMILES string of the molecule is CC(C)C(=O)N(C)C1CCN(c2ccc3cc(NC(=O)c4ncc(-c5ccc(F)cc5)cn4)ccc3n2)C1. The lowest BCUT2D eigenvalue weighted by atomic mass is 10.1. The fourth-order valence-corrected chi connectivity index (χ4v) is 4.65. The van der Waals surface area contributed by atoms with E-state index in [0.717, 1.165) is 41.8 Å². The molecule has 1 aliphatic heterocycles. The standard InChI is InChI=1S/C29H29FN6O2/c1-18(2)29(38)35(3)24-12-13-36(17-24)26-11-6-20-14-23(9-10-25(20)34-26)33-28(37)27-31-15-21(16-32-27)19-4-7-22(30)8-5-19/h4-11,14-16,18,24H,12-13,17H2,1-3H3,(H,33,37). The van der Waals surface area contributed by atoms with Gasteiger partial charge in [0.05, 0.1) is 11.6 Å². The first-order valence-electron chi connectivity index (χ1n) is 12.6. The van der Waals surface area contributed by atoms with E-state index in [4.69, 9.17) is 4.98 Å². The fraction of sp³-hybridized carbons (Fsp3) is 0.276. The average molecular weight is 513 g/mol. The van der Waals surface area contributed by atoms with E-state index in [0.29, 0.717) is 11.3 Å². The number of anilines is 2. The molecule has 0 radical (unpaired) electrons. The molecule has 0 saturated carbocycles. The molecule has 1 saturated heterocycles. The van der Waals surface area contributed by atoms with Gasteiger partial charge in [-0.3, -0.25) is 9.59 Å². The molecule has 0 aliphatic carbocycles. The molecule has 2 aromatic heterocycles. The average Bonchev–Trinajstić information content (AvgIpc) is 3.43. The van der Waals surface area contributed by atoms with Gasteiger partial charge in [-0.1, -0.05) is 26.0 Å². The smallest absolute Gasteiger partial charge is 0.293 e. The van der Waals surface area contributed by atoms with Gasteiger partial charge in [-0.05, 0) is 54.4 Å². The maximum Gasteiger partial charge on any atom is 0.293 e. The second kappa shape index (κ2) is 10.5. The Morgan fingerprint density at radius 2 is 1.76 bits per heavy atom. The molecule has 1 N–H and O–H groups in total. The maximum atomic E-state index is 13.2. The summed E-state index contributed by atoms with van der Waals surface area (Å²) >= 11 is 0. The highest BCUT2D eigenvalue weighted by Gasteiger charge is 2.30. The number of aromatic nitrogens is 3. The zero-order valence-electron chi connectivity index (χ0n) is 21.6. The van der Waals surface area contributed by atoms with Crippen molar-refractivity contribution in [2.45, 2.75) is 26.3 Å². The Hall–Kier alpha value is -4.40. The number of carbonyl (C=O) groups excluding carboxylic acids is 2. The van der Waals surface area contributed by atoms with E-state index in [1.54, 1.807) is 30.6 Å². The lowest BCUT2D eigenvalue weighted by molar-refractivity contribution is -0.134. The Bertz CT molecular complexity index is 1470. The molecule has 1 atom stereocenters. The Morgan fingerprint density at radius 3 is 2.47 bits per heavy atom. The first-order chi connectivity index (χ1) is 18.3. The van der Waals surface area contributed by atoms with E-state index < -0.39 is 5.91 Å². The molecule has 0 spiro atoms. The van der Waals surface area contributed by atoms with Gasteiger partial charge in [0.25, 0.3) is 5.91 Å². The number of amides is 2. The van der Waals surface area contributed by atoms with Crippen LogP contribution in [0.2, 0.25) is 0 Å². The molecule has 1 aliphatic rings. The molecule has 0 bridgehead atoms. The summed E-state index contributed by atoms with van der Waals surface area (Å²) in [5, 5.41) is 3.73. The Morgan fingerprint density at radius 1 is 1.03 bits per heavy atom. The van der Waals surface area contributed by atoms with E-state index in [9.17, 15) is 14.0 Å². The number of benzene rings is 2. The number of rotatable bonds is 6. The van der Waals surface area contributed by atoms with Crippen LogP contribution in [-0.2, 0) is 4.79 Å². The Labute approximate surface area is 220 Å². The molecule has 4 aromatic rings. The molecular weight excluding hydrogens is 483 g/mol. The van der Waals surface area contributed by atoms with Crippen molar-refractivity contribution < 1.29 is 14.0 Å². The molecule has 1 unspecified atom stereocenters. The van der Waals surface area contributed by atoms with Crippen LogP contribution in [0.3, 0.4) is 0 Å². The normalized spacial score (nSPS) is 15.2. The van der Waals surface area contributed by atoms with Gasteiger partial charge in [0.1, 0.15) is 11.6 Å². The van der Waals surface area contributed by atoms with Crippen LogP contribution >= 0.6 is 0 Å². The first-order valence-corrected chi connectivity index (χ1v) is 12.6. The summed E-state index contributed by atoms with van der Waals surface area (Å²) in [5.74, 6) is 0.301. The second-order valence-corrected chi connectivity index (χ2v) is 9.83. The van der Waals surface area contributed by atoms with Gasteiger partial charge in [0, 0.05) is 55.1 Å². The third-order valence-corrected chi connectivity index (χ3v) is 6.84. The summed E-state index contributed by atoms with van der Waals surface area (Å²) in [7, 11) is 1.88. The maximum absolute atomic E-state index is 13.2. The third kappa shape index (κ3) is 5.32. The van der Waals surface area contributed by atoms with Crippen molar-refractivity contribution in [1.29, 1.82) is 0 Å². The van der Waals surface area contributed by atoms with Crippen LogP contribution < -0.4 is 10.2 Å². The molecule has 38 heavy (non-hydrogen) atoms. The quantitative estimate of drug-likeness (QED) is 0.400. The number of nitrogens with one attached hydrogen (secondary N) is 1. The zero-order chi connectivity index (χ0) is 26.8. The van der Waals surface area contributed by atoms with Crippen LogP contribution in [0.15, 0.2) is 67.0 Å². The lowest BCUT2D eigenvalue weighted by Crippen LogP contribution is -2.41. The van der Waals surface area contributed by atoms with E-state index in [-0.39, 0.29) is 29.5 Å². The summed E-state index contributed by atoms with van der Waals surface area (Å²) in [5.41, 5.74) is 2.88. The number of hydrogen-bond acceptors (Lipinski definition) is 6. The minimum Gasteiger partial charge on any atom is -0.354 e. The molecule has 2 aromatic carbocycles.